The lowest BCUT2D eigenvalue weighted by molar-refractivity contribution is -0.175. The summed E-state index contributed by atoms with van der Waals surface area (Å²) in [7, 11) is 1.71. The zero-order valence-electron chi connectivity index (χ0n) is 12.8. The highest BCUT2D eigenvalue weighted by molar-refractivity contribution is 5.02. The topological polar surface area (TPSA) is 39.1 Å². The number of alkyl halides is 3. The molecule has 7 heteroatoms. The van der Waals surface area contributed by atoms with E-state index in [4.69, 9.17) is 4.74 Å². The van der Waals surface area contributed by atoms with Crippen LogP contribution in [0.15, 0.2) is 12.3 Å². The summed E-state index contributed by atoms with van der Waals surface area (Å²) >= 11 is 0. The summed E-state index contributed by atoms with van der Waals surface area (Å²) in [5.74, 6) is 0. The first-order valence-electron chi connectivity index (χ1n) is 7.25. The summed E-state index contributed by atoms with van der Waals surface area (Å²) in [6, 6.07) is 2.09. The maximum absolute atomic E-state index is 12.0. The van der Waals surface area contributed by atoms with E-state index in [1.54, 1.807) is 7.05 Å². The fourth-order valence-corrected chi connectivity index (χ4v) is 2.17. The Labute approximate surface area is 123 Å². The molecule has 0 bridgehead atoms. The number of rotatable bonds is 9. The number of nitrogens with one attached hydrogen (secondary N) is 1. The number of aromatic nitrogens is 2. The van der Waals surface area contributed by atoms with Crippen molar-refractivity contribution in [2.75, 3.05) is 20.3 Å². The molecule has 1 atom stereocenters. The smallest absolute Gasteiger partial charge is 0.370 e. The van der Waals surface area contributed by atoms with E-state index < -0.39 is 12.8 Å². The van der Waals surface area contributed by atoms with E-state index in [1.165, 1.54) is 0 Å². The average Bonchev–Trinajstić information content (AvgIpc) is 2.86. The molecule has 4 nitrogen and oxygen atoms in total. The molecule has 1 N–H and O–H groups in total. The Hall–Kier alpha value is -1.08. The third-order valence-electron chi connectivity index (χ3n) is 3.43. The molecule has 122 valence electrons. The third-order valence-corrected chi connectivity index (χ3v) is 3.43. The predicted molar refractivity (Wildman–Crippen MR) is 75.3 cm³/mol. The molecule has 1 heterocycles. The molecule has 0 spiro atoms. The molecule has 1 rings (SSSR count). The first-order valence-corrected chi connectivity index (χ1v) is 7.25. The summed E-state index contributed by atoms with van der Waals surface area (Å²) in [5.41, 5.74) is 0.858. The molecular weight excluding hydrogens is 283 g/mol. The number of halogens is 3. The second-order valence-electron chi connectivity index (χ2n) is 5.08. The van der Waals surface area contributed by atoms with Crippen LogP contribution in [0.3, 0.4) is 0 Å². The van der Waals surface area contributed by atoms with Crippen LogP contribution < -0.4 is 5.32 Å². The third kappa shape index (κ3) is 6.48. The molecule has 0 aliphatic carbocycles. The number of likely N-dealkylation sites (N-methyl/N-ethyl adjacent to an activating group) is 1. The van der Waals surface area contributed by atoms with E-state index in [0.717, 1.165) is 18.5 Å². The van der Waals surface area contributed by atoms with Gasteiger partial charge in [-0.3, -0.25) is 4.68 Å². The Morgan fingerprint density at radius 2 is 2.00 bits per heavy atom. The van der Waals surface area contributed by atoms with E-state index in [2.05, 4.69) is 24.3 Å². The van der Waals surface area contributed by atoms with E-state index >= 15 is 0 Å². The Morgan fingerprint density at radius 3 is 2.52 bits per heavy atom. The minimum Gasteiger partial charge on any atom is -0.370 e. The van der Waals surface area contributed by atoms with Crippen LogP contribution in [0.4, 0.5) is 13.2 Å². The lowest BCUT2D eigenvalue weighted by Gasteiger charge is -2.16. The molecule has 1 aromatic rings. The zero-order valence-corrected chi connectivity index (χ0v) is 12.8. The Morgan fingerprint density at radius 1 is 1.33 bits per heavy atom. The molecule has 0 saturated carbocycles. The van der Waals surface area contributed by atoms with Crippen LogP contribution in [0, 0.1) is 0 Å². The quantitative estimate of drug-likeness (QED) is 0.762. The molecule has 0 amide bonds. The van der Waals surface area contributed by atoms with Gasteiger partial charge < -0.3 is 10.1 Å². The summed E-state index contributed by atoms with van der Waals surface area (Å²) in [6.45, 7) is 3.01. The highest BCUT2D eigenvalue weighted by atomic mass is 19.4. The van der Waals surface area contributed by atoms with Crippen molar-refractivity contribution >= 4 is 0 Å². The van der Waals surface area contributed by atoms with E-state index in [0.29, 0.717) is 12.5 Å². The van der Waals surface area contributed by atoms with Gasteiger partial charge in [0.1, 0.15) is 6.61 Å². The number of hydrogen-bond donors (Lipinski definition) is 1. The molecule has 21 heavy (non-hydrogen) atoms. The zero-order chi connectivity index (χ0) is 15.9. The Bertz CT molecular complexity index is 402. The van der Waals surface area contributed by atoms with Crippen molar-refractivity contribution in [3.63, 3.8) is 0 Å². The molecule has 0 saturated heterocycles. The average molecular weight is 307 g/mol. The molecule has 1 aromatic heterocycles. The molecule has 0 fully saturated rings. The van der Waals surface area contributed by atoms with Crippen LogP contribution in [0.1, 0.15) is 38.4 Å². The van der Waals surface area contributed by atoms with Crippen molar-refractivity contribution in [1.82, 2.24) is 15.1 Å². The summed E-state index contributed by atoms with van der Waals surface area (Å²) < 4.78 is 42.8. The number of nitrogens with zero attached hydrogens (tertiary/aromatic N) is 2. The van der Waals surface area contributed by atoms with Gasteiger partial charge >= 0.3 is 6.18 Å². The van der Waals surface area contributed by atoms with Crippen molar-refractivity contribution in [1.29, 1.82) is 0 Å². The van der Waals surface area contributed by atoms with Gasteiger partial charge in [-0.15, -0.1) is 0 Å². The summed E-state index contributed by atoms with van der Waals surface area (Å²) in [4.78, 5) is 0. The van der Waals surface area contributed by atoms with Gasteiger partial charge in [0.2, 0.25) is 0 Å². The minimum atomic E-state index is -4.28. The molecule has 0 aromatic carbocycles. The summed E-state index contributed by atoms with van der Waals surface area (Å²) in [5, 5.41) is 7.46. The Balaban J connectivity index is 2.50. The van der Waals surface area contributed by atoms with E-state index in [-0.39, 0.29) is 12.6 Å². The second-order valence-corrected chi connectivity index (χ2v) is 5.08. The van der Waals surface area contributed by atoms with Gasteiger partial charge in [0.25, 0.3) is 0 Å². The maximum Gasteiger partial charge on any atom is 0.411 e. The lowest BCUT2D eigenvalue weighted by atomic mass is 10.2. The number of hydrogen-bond acceptors (Lipinski definition) is 3. The predicted octanol–water partition coefficient (Wildman–Crippen LogP) is 2.95. The molecule has 0 aliphatic rings. The van der Waals surface area contributed by atoms with Crippen molar-refractivity contribution in [2.24, 2.45) is 0 Å². The van der Waals surface area contributed by atoms with Gasteiger partial charge in [-0.25, -0.2) is 0 Å². The van der Waals surface area contributed by atoms with Crippen molar-refractivity contribution in [3.8, 4) is 0 Å². The van der Waals surface area contributed by atoms with Crippen molar-refractivity contribution < 1.29 is 17.9 Å². The first-order chi connectivity index (χ1) is 9.89. The van der Waals surface area contributed by atoms with Crippen LogP contribution >= 0.6 is 0 Å². The first kappa shape index (κ1) is 18.0. The van der Waals surface area contributed by atoms with Crippen LogP contribution in [0.25, 0.3) is 0 Å². The van der Waals surface area contributed by atoms with Crippen LogP contribution in [0.2, 0.25) is 0 Å². The van der Waals surface area contributed by atoms with Crippen molar-refractivity contribution in [2.45, 2.75) is 51.4 Å². The highest BCUT2D eigenvalue weighted by Gasteiger charge is 2.27. The van der Waals surface area contributed by atoms with Crippen LogP contribution in [0.5, 0.6) is 0 Å². The molecule has 1 unspecified atom stereocenters. The lowest BCUT2D eigenvalue weighted by Crippen LogP contribution is -2.34. The van der Waals surface area contributed by atoms with Gasteiger partial charge in [-0.1, -0.05) is 13.8 Å². The van der Waals surface area contributed by atoms with Gasteiger partial charge in [0.05, 0.1) is 18.3 Å². The largest absolute Gasteiger partial charge is 0.411 e. The maximum atomic E-state index is 12.0. The van der Waals surface area contributed by atoms with Crippen LogP contribution in [-0.2, 0) is 11.2 Å². The van der Waals surface area contributed by atoms with Gasteiger partial charge in [0, 0.05) is 18.7 Å². The van der Waals surface area contributed by atoms with Crippen LogP contribution in [-0.4, -0.2) is 42.3 Å². The summed E-state index contributed by atoms with van der Waals surface area (Å²) in [6.07, 6.45) is 0.191. The van der Waals surface area contributed by atoms with Crippen molar-refractivity contribution in [3.05, 3.63) is 18.0 Å². The fraction of sp³-hybridized carbons (Fsp3) is 0.786. The highest BCUT2D eigenvalue weighted by Crippen LogP contribution is 2.16. The molecule has 0 aliphatic heterocycles. The SMILES string of the molecule is CCC(CC)n1ccc(CC(COCC(F)(F)F)NC)n1. The normalized spacial score (nSPS) is 13.9. The monoisotopic (exact) mass is 307 g/mol. The minimum absolute atomic E-state index is 0.00779. The number of ether oxygens (including phenoxy) is 1. The van der Waals surface area contributed by atoms with Gasteiger partial charge in [-0.2, -0.15) is 18.3 Å². The van der Waals surface area contributed by atoms with E-state index in [1.807, 2.05) is 16.9 Å². The Kier molecular flexibility index (Phi) is 7.17. The van der Waals surface area contributed by atoms with Gasteiger partial charge in [0.15, 0.2) is 0 Å². The van der Waals surface area contributed by atoms with E-state index in [9.17, 15) is 13.2 Å². The van der Waals surface area contributed by atoms with Gasteiger partial charge in [-0.05, 0) is 26.0 Å². The fourth-order valence-electron chi connectivity index (χ4n) is 2.17. The standard InChI is InChI=1S/C14H24F3N3O/c1-4-13(5-2)20-7-6-11(19-20)8-12(18-3)9-21-10-14(15,16)17/h6-7,12-13,18H,4-5,8-10H2,1-3H3. The molecular formula is C14H24F3N3O. The molecule has 0 radical (unpaired) electrons. The second kappa shape index (κ2) is 8.38.